The van der Waals surface area contributed by atoms with Gasteiger partial charge in [-0.1, -0.05) is 65.7 Å². The summed E-state index contributed by atoms with van der Waals surface area (Å²) in [6.07, 6.45) is 1.39. The van der Waals surface area contributed by atoms with Crippen LogP contribution in [0.3, 0.4) is 0 Å². The van der Waals surface area contributed by atoms with E-state index in [2.05, 4.69) is 27.3 Å². The smallest absolute Gasteiger partial charge is 0.273 e. The molecule has 0 saturated heterocycles. The Balaban J connectivity index is 1.79. The van der Waals surface area contributed by atoms with Crippen LogP contribution in [0.15, 0.2) is 59.2 Å². The first kappa shape index (κ1) is 21.4. The third kappa shape index (κ3) is 6.07. The topological polar surface area (TPSA) is 58.4 Å². The summed E-state index contributed by atoms with van der Waals surface area (Å²) in [5, 5.41) is 3.87. The summed E-state index contributed by atoms with van der Waals surface area (Å²) < 4.78 is 5.55. The number of halogens is 2. The van der Waals surface area contributed by atoms with Gasteiger partial charge in [-0.15, -0.1) is 0 Å². The summed E-state index contributed by atoms with van der Waals surface area (Å²) >= 11 is 12.6. The van der Waals surface area contributed by atoms with Gasteiger partial charge in [0.2, 0.25) is 5.89 Å². The van der Waals surface area contributed by atoms with Gasteiger partial charge >= 0.3 is 0 Å². The lowest BCUT2D eigenvalue weighted by molar-refractivity contribution is 0.0938. The predicted octanol–water partition coefficient (Wildman–Crippen LogP) is 5.32. The number of oxazole rings is 1. The number of aromatic nitrogens is 1. The van der Waals surface area contributed by atoms with Gasteiger partial charge in [0, 0.05) is 19.1 Å². The van der Waals surface area contributed by atoms with E-state index in [-0.39, 0.29) is 17.6 Å². The lowest BCUT2D eigenvalue weighted by Crippen LogP contribution is -2.30. The SMILES string of the molecule is CC(C)NC(=O)c1coc(CN(Cc2ccccc2)Cc2cccc(Cl)c2Cl)n1. The molecule has 1 heterocycles. The van der Waals surface area contributed by atoms with E-state index in [4.69, 9.17) is 27.6 Å². The number of benzene rings is 2. The summed E-state index contributed by atoms with van der Waals surface area (Å²) in [5.74, 6) is 0.218. The van der Waals surface area contributed by atoms with Crippen molar-refractivity contribution >= 4 is 29.1 Å². The van der Waals surface area contributed by atoms with Crippen LogP contribution in [0.4, 0.5) is 0 Å². The number of hydrogen-bond donors (Lipinski definition) is 1. The molecule has 0 aliphatic carbocycles. The fourth-order valence-electron chi connectivity index (χ4n) is 2.94. The molecule has 2 aromatic carbocycles. The number of rotatable bonds is 8. The van der Waals surface area contributed by atoms with E-state index < -0.39 is 0 Å². The first-order valence-electron chi connectivity index (χ1n) is 9.37. The molecule has 0 aliphatic heterocycles. The summed E-state index contributed by atoms with van der Waals surface area (Å²) in [4.78, 5) is 18.6. The third-order valence-corrected chi connectivity index (χ3v) is 5.10. The van der Waals surface area contributed by atoms with Gasteiger partial charge in [-0.05, 0) is 31.0 Å². The highest BCUT2D eigenvalue weighted by atomic mass is 35.5. The molecule has 0 bridgehead atoms. The minimum atomic E-state index is -0.248. The second-order valence-electron chi connectivity index (χ2n) is 7.10. The quantitative estimate of drug-likeness (QED) is 0.523. The van der Waals surface area contributed by atoms with E-state index in [0.29, 0.717) is 35.6 Å². The van der Waals surface area contributed by atoms with Crippen molar-refractivity contribution in [3.8, 4) is 0 Å². The number of nitrogens with one attached hydrogen (secondary N) is 1. The highest BCUT2D eigenvalue weighted by Gasteiger charge is 2.17. The fourth-order valence-corrected chi connectivity index (χ4v) is 3.32. The molecular formula is C22H23Cl2N3O2. The van der Waals surface area contributed by atoms with E-state index in [0.717, 1.165) is 11.1 Å². The maximum absolute atomic E-state index is 12.1. The molecule has 0 unspecified atom stereocenters. The third-order valence-electron chi connectivity index (χ3n) is 4.24. The van der Waals surface area contributed by atoms with Crippen molar-refractivity contribution in [3.05, 3.63) is 87.6 Å². The molecule has 5 nitrogen and oxygen atoms in total. The van der Waals surface area contributed by atoms with Crippen molar-refractivity contribution in [3.63, 3.8) is 0 Å². The second-order valence-corrected chi connectivity index (χ2v) is 7.88. The van der Waals surface area contributed by atoms with Crippen LogP contribution in [-0.4, -0.2) is 21.8 Å². The van der Waals surface area contributed by atoms with Crippen LogP contribution in [0.2, 0.25) is 10.0 Å². The van der Waals surface area contributed by atoms with E-state index in [9.17, 15) is 4.79 Å². The zero-order valence-corrected chi connectivity index (χ0v) is 17.9. The molecule has 152 valence electrons. The lowest BCUT2D eigenvalue weighted by Gasteiger charge is -2.22. The molecule has 0 radical (unpaired) electrons. The molecule has 0 spiro atoms. The Kier molecular flexibility index (Phi) is 7.31. The van der Waals surface area contributed by atoms with Crippen molar-refractivity contribution in [2.45, 2.75) is 39.5 Å². The number of amides is 1. The van der Waals surface area contributed by atoms with Gasteiger partial charge in [0.05, 0.1) is 16.6 Å². The molecule has 29 heavy (non-hydrogen) atoms. The Morgan fingerprint density at radius 2 is 1.83 bits per heavy atom. The molecule has 1 aromatic heterocycles. The van der Waals surface area contributed by atoms with Crippen LogP contribution >= 0.6 is 23.2 Å². The standard InChI is InChI=1S/C22H23Cl2N3O2/c1-15(2)25-22(28)19-14-29-20(26-19)13-27(11-16-7-4-3-5-8-16)12-17-9-6-10-18(23)21(17)24/h3-10,14-15H,11-13H2,1-2H3,(H,25,28). The summed E-state index contributed by atoms with van der Waals surface area (Å²) in [7, 11) is 0. The van der Waals surface area contributed by atoms with Crippen LogP contribution < -0.4 is 5.32 Å². The Labute approximate surface area is 180 Å². The minimum Gasteiger partial charge on any atom is -0.447 e. The maximum atomic E-state index is 12.1. The van der Waals surface area contributed by atoms with Crippen LogP contribution in [0.25, 0.3) is 0 Å². The van der Waals surface area contributed by atoms with Gasteiger partial charge < -0.3 is 9.73 Å². The van der Waals surface area contributed by atoms with Crippen LogP contribution in [0.1, 0.15) is 41.4 Å². The van der Waals surface area contributed by atoms with Crippen LogP contribution in [-0.2, 0) is 19.6 Å². The largest absolute Gasteiger partial charge is 0.447 e. The van der Waals surface area contributed by atoms with Gasteiger partial charge in [0.25, 0.3) is 5.91 Å². The molecule has 0 aliphatic rings. The normalized spacial score (nSPS) is 11.2. The van der Waals surface area contributed by atoms with Crippen molar-refractivity contribution in [1.82, 2.24) is 15.2 Å². The monoisotopic (exact) mass is 431 g/mol. The van der Waals surface area contributed by atoms with Crippen molar-refractivity contribution < 1.29 is 9.21 Å². The Bertz CT molecular complexity index is 958. The van der Waals surface area contributed by atoms with E-state index >= 15 is 0 Å². The van der Waals surface area contributed by atoms with E-state index in [1.165, 1.54) is 6.26 Å². The first-order valence-corrected chi connectivity index (χ1v) is 10.1. The first-order chi connectivity index (χ1) is 13.9. The van der Waals surface area contributed by atoms with Crippen molar-refractivity contribution in [2.75, 3.05) is 0 Å². The molecule has 0 fully saturated rings. The zero-order chi connectivity index (χ0) is 20.8. The molecule has 3 rings (SSSR count). The maximum Gasteiger partial charge on any atom is 0.273 e. The van der Waals surface area contributed by atoms with Gasteiger partial charge in [0.15, 0.2) is 5.69 Å². The van der Waals surface area contributed by atoms with Gasteiger partial charge in [-0.2, -0.15) is 0 Å². The highest BCUT2D eigenvalue weighted by molar-refractivity contribution is 6.42. The van der Waals surface area contributed by atoms with Gasteiger partial charge in [-0.3, -0.25) is 9.69 Å². The van der Waals surface area contributed by atoms with Crippen LogP contribution in [0.5, 0.6) is 0 Å². The summed E-state index contributed by atoms with van der Waals surface area (Å²) in [6, 6.07) is 15.7. The van der Waals surface area contributed by atoms with Gasteiger partial charge in [-0.25, -0.2) is 4.98 Å². The average molecular weight is 432 g/mol. The predicted molar refractivity (Wildman–Crippen MR) is 115 cm³/mol. The van der Waals surface area contributed by atoms with Crippen molar-refractivity contribution in [2.24, 2.45) is 0 Å². The number of nitrogens with zero attached hydrogens (tertiary/aromatic N) is 2. The number of hydrogen-bond acceptors (Lipinski definition) is 4. The summed E-state index contributed by atoms with van der Waals surface area (Å²) in [5.41, 5.74) is 2.34. The average Bonchev–Trinajstić information content (AvgIpc) is 3.14. The molecule has 0 atom stereocenters. The van der Waals surface area contributed by atoms with Crippen LogP contribution in [0, 0.1) is 0 Å². The van der Waals surface area contributed by atoms with Gasteiger partial charge in [0.1, 0.15) is 6.26 Å². The lowest BCUT2D eigenvalue weighted by atomic mass is 10.1. The Hall–Kier alpha value is -2.34. The second kappa shape index (κ2) is 9.92. The Morgan fingerprint density at radius 1 is 1.07 bits per heavy atom. The fraction of sp³-hybridized carbons (Fsp3) is 0.273. The summed E-state index contributed by atoms with van der Waals surface area (Å²) in [6.45, 7) is 5.45. The molecule has 3 aromatic rings. The van der Waals surface area contributed by atoms with E-state index in [1.807, 2.05) is 44.2 Å². The molecule has 7 heteroatoms. The Morgan fingerprint density at radius 3 is 2.55 bits per heavy atom. The van der Waals surface area contributed by atoms with Crippen molar-refractivity contribution in [1.29, 1.82) is 0 Å². The minimum absolute atomic E-state index is 0.0298. The molecule has 0 saturated carbocycles. The van der Waals surface area contributed by atoms with E-state index in [1.54, 1.807) is 6.07 Å². The molecule has 1 amide bonds. The number of carbonyl (C=O) groups is 1. The number of carbonyl (C=O) groups excluding carboxylic acids is 1. The highest BCUT2D eigenvalue weighted by Crippen LogP contribution is 2.27. The molecular weight excluding hydrogens is 409 g/mol. The zero-order valence-electron chi connectivity index (χ0n) is 16.4. The molecule has 1 N–H and O–H groups in total.